The minimum Gasteiger partial charge on any atom is -0.475 e. The van der Waals surface area contributed by atoms with E-state index in [1.165, 1.54) is 35.2 Å². The van der Waals surface area contributed by atoms with Gasteiger partial charge in [0.15, 0.2) is 0 Å². The summed E-state index contributed by atoms with van der Waals surface area (Å²) < 4.78 is 58.4. The van der Waals surface area contributed by atoms with Crippen LogP contribution >= 0.6 is 0 Å². The number of hydrogen-bond donors (Lipinski definition) is 2. The van der Waals surface area contributed by atoms with E-state index in [1.54, 1.807) is 17.0 Å². The second-order valence-corrected chi connectivity index (χ2v) is 7.23. The summed E-state index contributed by atoms with van der Waals surface area (Å²) >= 11 is 0. The summed E-state index contributed by atoms with van der Waals surface area (Å²) in [6.07, 6.45) is -5.08. The molecule has 184 valence electrons. The monoisotopic (exact) mass is 487 g/mol. The molecule has 0 bridgehead atoms. The van der Waals surface area contributed by atoms with Gasteiger partial charge >= 0.3 is 12.1 Å². The lowest BCUT2D eigenvalue weighted by molar-refractivity contribution is -0.192. The van der Waals surface area contributed by atoms with Crippen molar-refractivity contribution in [2.75, 3.05) is 32.7 Å². The van der Waals surface area contributed by atoms with Gasteiger partial charge < -0.3 is 20.2 Å². The number of halogens is 5. The van der Waals surface area contributed by atoms with Crippen LogP contribution in [0.25, 0.3) is 0 Å². The van der Waals surface area contributed by atoms with E-state index in [9.17, 15) is 31.5 Å². The minimum absolute atomic E-state index is 0.118. The Labute approximate surface area is 191 Å². The number of carbonyl (C=O) groups excluding carboxylic acids is 2. The first-order valence-electron chi connectivity index (χ1n) is 10.0. The number of amides is 2. The maximum atomic E-state index is 13.5. The van der Waals surface area contributed by atoms with E-state index in [0.29, 0.717) is 31.7 Å². The van der Waals surface area contributed by atoms with Crippen molar-refractivity contribution in [2.24, 2.45) is 0 Å². The summed E-state index contributed by atoms with van der Waals surface area (Å²) in [6.45, 7) is 2.60. The van der Waals surface area contributed by atoms with Crippen LogP contribution in [0, 0.1) is 11.6 Å². The number of alkyl halides is 3. The lowest BCUT2D eigenvalue weighted by Crippen LogP contribution is -2.50. The zero-order valence-corrected chi connectivity index (χ0v) is 17.8. The average molecular weight is 487 g/mol. The van der Waals surface area contributed by atoms with Gasteiger partial charge in [0.25, 0.3) is 5.91 Å². The van der Waals surface area contributed by atoms with Crippen molar-refractivity contribution in [1.82, 2.24) is 15.1 Å². The molecule has 34 heavy (non-hydrogen) atoms. The van der Waals surface area contributed by atoms with Gasteiger partial charge in [-0.1, -0.05) is 18.2 Å². The van der Waals surface area contributed by atoms with Crippen LogP contribution in [0.1, 0.15) is 15.9 Å². The molecule has 0 unspecified atom stereocenters. The number of piperazine rings is 1. The van der Waals surface area contributed by atoms with Crippen LogP contribution < -0.4 is 5.32 Å². The van der Waals surface area contributed by atoms with Gasteiger partial charge in [0.1, 0.15) is 18.2 Å². The zero-order valence-electron chi connectivity index (χ0n) is 17.8. The van der Waals surface area contributed by atoms with Crippen LogP contribution in [0.15, 0.2) is 48.5 Å². The van der Waals surface area contributed by atoms with Crippen LogP contribution in [0.2, 0.25) is 0 Å². The maximum Gasteiger partial charge on any atom is 0.490 e. The van der Waals surface area contributed by atoms with Crippen molar-refractivity contribution in [3.05, 3.63) is 71.3 Å². The van der Waals surface area contributed by atoms with Crippen LogP contribution in [-0.2, 0) is 16.1 Å². The number of nitrogens with zero attached hydrogens (tertiary/aromatic N) is 2. The number of benzene rings is 2. The molecule has 2 aromatic rings. The Kier molecular flexibility index (Phi) is 9.48. The molecule has 0 saturated carbocycles. The van der Waals surface area contributed by atoms with Gasteiger partial charge in [0.2, 0.25) is 5.91 Å². The number of carbonyl (C=O) groups is 3. The number of nitrogens with one attached hydrogen (secondary N) is 1. The Bertz CT molecular complexity index is 993. The van der Waals surface area contributed by atoms with E-state index in [0.717, 1.165) is 6.07 Å². The molecule has 0 atom stereocenters. The van der Waals surface area contributed by atoms with Gasteiger partial charge in [0, 0.05) is 38.3 Å². The van der Waals surface area contributed by atoms with Crippen molar-refractivity contribution < 1.29 is 41.4 Å². The molecule has 1 saturated heterocycles. The Balaban J connectivity index is 0.000000509. The smallest absolute Gasteiger partial charge is 0.475 e. The molecule has 0 radical (unpaired) electrons. The first-order chi connectivity index (χ1) is 16.0. The van der Waals surface area contributed by atoms with E-state index < -0.39 is 23.9 Å². The molecule has 3 rings (SSSR count). The van der Waals surface area contributed by atoms with Crippen LogP contribution in [0.4, 0.5) is 22.0 Å². The number of carboxylic acids is 1. The molecule has 0 spiro atoms. The fourth-order valence-corrected chi connectivity index (χ4v) is 2.99. The van der Waals surface area contributed by atoms with Crippen LogP contribution in [-0.4, -0.2) is 71.6 Å². The Morgan fingerprint density at radius 1 is 0.971 bits per heavy atom. The van der Waals surface area contributed by atoms with E-state index in [1.807, 2.05) is 0 Å². The highest BCUT2D eigenvalue weighted by Crippen LogP contribution is 2.14. The van der Waals surface area contributed by atoms with Crippen LogP contribution in [0.5, 0.6) is 0 Å². The van der Waals surface area contributed by atoms with Gasteiger partial charge in [-0.05, 0) is 35.9 Å². The molecule has 1 aliphatic heterocycles. The van der Waals surface area contributed by atoms with Gasteiger partial charge in [0.05, 0.1) is 0 Å². The normalized spacial score (nSPS) is 13.5. The van der Waals surface area contributed by atoms with Crippen molar-refractivity contribution in [3.63, 3.8) is 0 Å². The summed E-state index contributed by atoms with van der Waals surface area (Å²) in [7, 11) is 0. The summed E-state index contributed by atoms with van der Waals surface area (Å²) in [4.78, 5) is 37.5. The predicted molar refractivity (Wildman–Crippen MR) is 111 cm³/mol. The maximum absolute atomic E-state index is 13.5. The quantitative estimate of drug-likeness (QED) is 0.634. The van der Waals surface area contributed by atoms with E-state index >= 15 is 0 Å². The molecule has 1 aliphatic rings. The standard InChI is InChI=1S/C20H21F2N3O2.C2HF3O2/c21-17-6-4-15(5-7-17)13-25(14-19(26)24-10-8-23-9-11-24)20(27)16-2-1-3-18(22)12-16;3-2(4,5)1(6)7/h1-7,12,23H,8-11,13-14H2;(H,6,7). The SMILES string of the molecule is O=C(CN(Cc1ccc(F)cc1)C(=O)c1cccc(F)c1)N1CCNCC1.O=C(O)C(F)(F)F. The van der Waals surface area contributed by atoms with E-state index in [2.05, 4.69) is 5.32 Å². The summed E-state index contributed by atoms with van der Waals surface area (Å²) in [5.74, 6) is -4.26. The molecule has 2 amide bonds. The van der Waals surface area contributed by atoms with Crippen molar-refractivity contribution in [3.8, 4) is 0 Å². The first kappa shape index (κ1) is 26.7. The van der Waals surface area contributed by atoms with Crippen LogP contribution in [0.3, 0.4) is 0 Å². The molecule has 1 heterocycles. The Morgan fingerprint density at radius 3 is 2.09 bits per heavy atom. The lowest BCUT2D eigenvalue weighted by atomic mass is 10.1. The lowest BCUT2D eigenvalue weighted by Gasteiger charge is -2.30. The molecule has 0 aliphatic carbocycles. The molecule has 0 aromatic heterocycles. The van der Waals surface area contributed by atoms with Crippen molar-refractivity contribution >= 4 is 17.8 Å². The third-order valence-electron chi connectivity index (χ3n) is 4.68. The van der Waals surface area contributed by atoms with Crippen molar-refractivity contribution in [1.29, 1.82) is 0 Å². The number of aliphatic carboxylic acids is 1. The fraction of sp³-hybridized carbons (Fsp3) is 0.318. The largest absolute Gasteiger partial charge is 0.490 e. The summed E-state index contributed by atoms with van der Waals surface area (Å²) in [5, 5.41) is 10.3. The minimum atomic E-state index is -5.08. The molecule has 12 heteroatoms. The average Bonchev–Trinajstić information content (AvgIpc) is 2.80. The van der Waals surface area contributed by atoms with E-state index in [-0.39, 0.29) is 30.4 Å². The molecule has 2 N–H and O–H groups in total. The summed E-state index contributed by atoms with van der Waals surface area (Å²) in [5.41, 5.74) is 0.861. The third kappa shape index (κ3) is 8.43. The van der Waals surface area contributed by atoms with Gasteiger partial charge in [-0.3, -0.25) is 9.59 Å². The third-order valence-corrected chi connectivity index (χ3v) is 4.68. The van der Waals surface area contributed by atoms with E-state index in [4.69, 9.17) is 9.90 Å². The number of rotatable bonds is 5. The number of hydrogen-bond acceptors (Lipinski definition) is 4. The predicted octanol–water partition coefficient (Wildman–Crippen LogP) is 2.67. The summed E-state index contributed by atoms with van der Waals surface area (Å²) in [6, 6.07) is 11.1. The zero-order chi connectivity index (χ0) is 25.3. The topological polar surface area (TPSA) is 90.0 Å². The Morgan fingerprint density at radius 2 is 1.56 bits per heavy atom. The Hall–Kier alpha value is -3.54. The van der Waals surface area contributed by atoms with Gasteiger partial charge in [-0.2, -0.15) is 13.2 Å². The highest BCUT2D eigenvalue weighted by atomic mass is 19.4. The van der Waals surface area contributed by atoms with Gasteiger partial charge in [-0.15, -0.1) is 0 Å². The molecule has 2 aromatic carbocycles. The molecule has 1 fully saturated rings. The number of carboxylic acid groups (broad SMARTS) is 1. The molecule has 7 nitrogen and oxygen atoms in total. The second kappa shape index (κ2) is 12.1. The first-order valence-corrected chi connectivity index (χ1v) is 10.0. The second-order valence-electron chi connectivity index (χ2n) is 7.23. The van der Waals surface area contributed by atoms with Crippen molar-refractivity contribution in [2.45, 2.75) is 12.7 Å². The highest BCUT2D eigenvalue weighted by molar-refractivity contribution is 5.96. The highest BCUT2D eigenvalue weighted by Gasteiger charge is 2.38. The molecular formula is C22H22F5N3O4. The molecular weight excluding hydrogens is 465 g/mol. The van der Waals surface area contributed by atoms with Gasteiger partial charge in [-0.25, -0.2) is 13.6 Å². The fourth-order valence-electron chi connectivity index (χ4n) is 2.99.